The van der Waals surface area contributed by atoms with Crippen molar-refractivity contribution < 1.29 is 9.53 Å². The van der Waals surface area contributed by atoms with Crippen molar-refractivity contribution in [3.8, 4) is 5.75 Å². The average molecular weight is 397 g/mol. The summed E-state index contributed by atoms with van der Waals surface area (Å²) in [5.41, 5.74) is 0.889. The molecular weight excluding hydrogens is 375 g/mol. The van der Waals surface area contributed by atoms with Crippen LogP contribution in [0.4, 0.5) is 5.69 Å². The second-order valence-corrected chi connectivity index (χ2v) is 7.28. The highest BCUT2D eigenvalue weighted by molar-refractivity contribution is 6.36. The molecule has 1 aromatic heterocycles. The summed E-state index contributed by atoms with van der Waals surface area (Å²) in [6.45, 7) is 6.59. The topological polar surface area (TPSA) is 60.3 Å². The maximum Gasteiger partial charge on any atom is 0.262 e. The van der Waals surface area contributed by atoms with E-state index in [0.717, 1.165) is 13.0 Å². The predicted octanol–water partition coefficient (Wildman–Crippen LogP) is 4.53. The summed E-state index contributed by atoms with van der Waals surface area (Å²) < 4.78 is 7.46. The predicted molar refractivity (Wildman–Crippen MR) is 105 cm³/mol. The Morgan fingerprint density at radius 2 is 2.00 bits per heavy atom. The van der Waals surface area contributed by atoms with Gasteiger partial charge >= 0.3 is 0 Å². The number of amides is 1. The van der Waals surface area contributed by atoms with Gasteiger partial charge in [-0.25, -0.2) is 0 Å². The number of nitrogens with zero attached hydrogens (tertiary/aromatic N) is 1. The molecule has 0 atom stereocenters. The lowest BCUT2D eigenvalue weighted by Gasteiger charge is -2.16. The van der Waals surface area contributed by atoms with Crippen molar-refractivity contribution in [2.75, 3.05) is 11.9 Å². The third kappa shape index (κ3) is 5.51. The number of nitrogens with one attached hydrogen (secondary N) is 1. The monoisotopic (exact) mass is 396 g/mol. The molecular formula is C19H22Cl2N2O3. The van der Waals surface area contributed by atoms with Crippen LogP contribution in [0.1, 0.15) is 26.0 Å². The van der Waals surface area contributed by atoms with Crippen LogP contribution >= 0.6 is 23.2 Å². The van der Waals surface area contributed by atoms with E-state index in [1.807, 2.05) is 11.5 Å². The second-order valence-electron chi connectivity index (χ2n) is 6.43. The highest BCUT2D eigenvalue weighted by atomic mass is 35.5. The first-order valence-corrected chi connectivity index (χ1v) is 9.11. The Bertz CT molecular complexity index is 847. The van der Waals surface area contributed by atoms with Crippen molar-refractivity contribution in [2.45, 2.75) is 33.7 Å². The summed E-state index contributed by atoms with van der Waals surface area (Å²) in [4.78, 5) is 24.2. The summed E-state index contributed by atoms with van der Waals surface area (Å²) in [6.07, 6.45) is 2.74. The normalized spacial score (nSPS) is 10.8. The molecule has 2 rings (SSSR count). The number of hydrogen-bond donors (Lipinski definition) is 1. The number of aryl methyl sites for hydroxylation is 1. The highest BCUT2D eigenvalue weighted by Gasteiger charge is 2.12. The molecule has 0 bridgehead atoms. The molecule has 0 saturated heterocycles. The number of pyridine rings is 1. The Hall–Kier alpha value is -1.98. The molecule has 0 fully saturated rings. The van der Waals surface area contributed by atoms with Gasteiger partial charge in [-0.3, -0.25) is 9.59 Å². The van der Waals surface area contributed by atoms with Crippen molar-refractivity contribution in [3.63, 3.8) is 0 Å². The number of ether oxygens (including phenoxy) is 1. The number of carbonyl (C=O) groups excluding carboxylic acids is 1. The van der Waals surface area contributed by atoms with Gasteiger partial charge in [0.05, 0.1) is 16.4 Å². The number of carbonyl (C=O) groups is 1. The zero-order valence-corrected chi connectivity index (χ0v) is 16.5. The van der Waals surface area contributed by atoms with Crippen LogP contribution in [0.25, 0.3) is 0 Å². The molecule has 0 aliphatic heterocycles. The van der Waals surface area contributed by atoms with Crippen LogP contribution in [-0.4, -0.2) is 17.1 Å². The third-order valence-corrected chi connectivity index (χ3v) is 4.44. The molecule has 5 nitrogen and oxygen atoms in total. The molecule has 0 aliphatic rings. The van der Waals surface area contributed by atoms with E-state index in [9.17, 15) is 9.59 Å². The van der Waals surface area contributed by atoms with Crippen LogP contribution in [-0.2, 0) is 11.3 Å². The first-order chi connectivity index (χ1) is 12.3. The van der Waals surface area contributed by atoms with Crippen molar-refractivity contribution in [1.29, 1.82) is 0 Å². The van der Waals surface area contributed by atoms with Crippen molar-refractivity contribution >= 4 is 34.8 Å². The van der Waals surface area contributed by atoms with Gasteiger partial charge in [-0.15, -0.1) is 0 Å². The summed E-state index contributed by atoms with van der Waals surface area (Å²) >= 11 is 11.9. The maximum atomic E-state index is 12.1. The van der Waals surface area contributed by atoms with Gasteiger partial charge in [-0.1, -0.05) is 37.0 Å². The molecule has 0 unspecified atom stereocenters. The molecule has 140 valence electrons. The van der Waals surface area contributed by atoms with Crippen LogP contribution in [0.15, 0.2) is 35.3 Å². The van der Waals surface area contributed by atoms with E-state index in [1.165, 1.54) is 12.1 Å². The second kappa shape index (κ2) is 9.10. The first-order valence-electron chi connectivity index (χ1n) is 8.35. The summed E-state index contributed by atoms with van der Waals surface area (Å²) in [7, 11) is 0. The van der Waals surface area contributed by atoms with Crippen LogP contribution in [0.3, 0.4) is 0 Å². The van der Waals surface area contributed by atoms with Gasteiger partial charge in [-0.05, 0) is 37.5 Å². The Labute approximate surface area is 162 Å². The molecule has 1 amide bonds. The van der Waals surface area contributed by atoms with Gasteiger partial charge in [0.25, 0.3) is 5.91 Å². The highest BCUT2D eigenvalue weighted by Crippen LogP contribution is 2.25. The lowest BCUT2D eigenvalue weighted by Crippen LogP contribution is -2.24. The molecule has 1 heterocycles. The minimum Gasteiger partial charge on any atom is -0.478 e. The van der Waals surface area contributed by atoms with Gasteiger partial charge in [0.2, 0.25) is 5.43 Å². The maximum absolute atomic E-state index is 12.1. The zero-order chi connectivity index (χ0) is 19.3. The number of halogens is 2. The van der Waals surface area contributed by atoms with Gasteiger partial charge in [0.1, 0.15) is 0 Å². The lowest BCUT2D eigenvalue weighted by molar-refractivity contribution is -0.118. The third-order valence-electron chi connectivity index (χ3n) is 3.89. The van der Waals surface area contributed by atoms with Crippen LogP contribution in [0, 0.1) is 12.8 Å². The summed E-state index contributed by atoms with van der Waals surface area (Å²) in [5.74, 6) is 0.326. The Morgan fingerprint density at radius 3 is 2.65 bits per heavy atom. The molecule has 0 aliphatic carbocycles. The van der Waals surface area contributed by atoms with Crippen molar-refractivity contribution in [2.24, 2.45) is 5.92 Å². The molecule has 0 spiro atoms. The number of rotatable bonds is 7. The Morgan fingerprint density at radius 1 is 1.27 bits per heavy atom. The van der Waals surface area contributed by atoms with E-state index >= 15 is 0 Å². The molecule has 0 radical (unpaired) electrons. The van der Waals surface area contributed by atoms with Crippen LogP contribution in [0.5, 0.6) is 5.75 Å². The summed E-state index contributed by atoms with van der Waals surface area (Å²) in [5, 5.41) is 3.45. The van der Waals surface area contributed by atoms with E-state index in [2.05, 4.69) is 19.2 Å². The fourth-order valence-corrected chi connectivity index (χ4v) is 2.84. The van der Waals surface area contributed by atoms with Gasteiger partial charge in [0.15, 0.2) is 12.4 Å². The fourth-order valence-electron chi connectivity index (χ4n) is 2.38. The molecule has 7 heteroatoms. The van der Waals surface area contributed by atoms with Crippen LogP contribution < -0.4 is 15.5 Å². The fraction of sp³-hybridized carbons (Fsp3) is 0.368. The van der Waals surface area contributed by atoms with E-state index in [-0.39, 0.29) is 17.8 Å². The molecule has 26 heavy (non-hydrogen) atoms. The van der Waals surface area contributed by atoms with Gasteiger partial charge < -0.3 is 14.6 Å². The Balaban J connectivity index is 2.05. The van der Waals surface area contributed by atoms with Gasteiger partial charge in [0, 0.05) is 23.8 Å². The Kier molecular flexibility index (Phi) is 7.12. The van der Waals surface area contributed by atoms with E-state index in [0.29, 0.717) is 27.3 Å². The molecule has 2 aromatic rings. The van der Waals surface area contributed by atoms with Crippen molar-refractivity contribution in [3.05, 3.63) is 56.4 Å². The average Bonchev–Trinajstić information content (AvgIpc) is 2.56. The lowest BCUT2D eigenvalue weighted by atomic mass is 10.1. The molecule has 1 aromatic carbocycles. The largest absolute Gasteiger partial charge is 0.478 e. The zero-order valence-electron chi connectivity index (χ0n) is 15.0. The molecule has 0 saturated carbocycles. The summed E-state index contributed by atoms with van der Waals surface area (Å²) in [6, 6.07) is 6.22. The smallest absolute Gasteiger partial charge is 0.262 e. The molecule has 1 N–H and O–H groups in total. The number of hydrogen-bond acceptors (Lipinski definition) is 3. The van der Waals surface area contributed by atoms with E-state index < -0.39 is 5.91 Å². The standard InChI is InChI=1S/C19H22Cl2N2O3/c1-12(2)6-8-23-9-7-17(24)19(13(23)3)26-11-18(25)22-16-5-4-14(20)10-15(16)21/h4-5,7,9-10,12H,6,8,11H2,1-3H3,(H,22,25). The van der Waals surface area contributed by atoms with Crippen molar-refractivity contribution in [1.82, 2.24) is 4.57 Å². The first kappa shape index (κ1) is 20.3. The number of benzene rings is 1. The SMILES string of the molecule is Cc1c(OCC(=O)Nc2ccc(Cl)cc2Cl)c(=O)ccn1CCC(C)C. The van der Waals surface area contributed by atoms with Crippen LogP contribution in [0.2, 0.25) is 10.0 Å². The number of aromatic nitrogens is 1. The van der Waals surface area contributed by atoms with E-state index in [4.69, 9.17) is 27.9 Å². The quantitative estimate of drug-likeness (QED) is 0.747. The van der Waals surface area contributed by atoms with Gasteiger partial charge in [-0.2, -0.15) is 0 Å². The van der Waals surface area contributed by atoms with E-state index in [1.54, 1.807) is 18.3 Å². The minimum absolute atomic E-state index is 0.189. The number of anilines is 1. The minimum atomic E-state index is -0.411.